The average Bonchev–Trinajstić information content (AvgIpc) is 2.63. The number of para-hydroxylation sites is 1. The zero-order valence-electron chi connectivity index (χ0n) is 15.6. The van der Waals surface area contributed by atoms with E-state index in [0.717, 1.165) is 28.8 Å². The lowest BCUT2D eigenvalue weighted by atomic mass is 9.74. The molecule has 4 nitrogen and oxygen atoms in total. The summed E-state index contributed by atoms with van der Waals surface area (Å²) in [6.07, 6.45) is 8.28. The summed E-state index contributed by atoms with van der Waals surface area (Å²) in [4.78, 5) is 8.88. The van der Waals surface area contributed by atoms with Crippen molar-refractivity contribution in [2.75, 3.05) is 38.4 Å². The highest BCUT2D eigenvalue weighted by Gasteiger charge is 2.41. The smallest absolute Gasteiger partial charge is 0.298 e. The molecule has 142 valence electrons. The van der Waals surface area contributed by atoms with E-state index in [2.05, 4.69) is 4.90 Å². The fourth-order valence-electron chi connectivity index (χ4n) is 3.83. The average molecular weight is 412 g/mol. The molecule has 1 aromatic carbocycles. The molecule has 0 amide bonds. The first-order valence-electron chi connectivity index (χ1n) is 8.99. The van der Waals surface area contributed by atoms with Crippen LogP contribution >= 0.6 is 35.6 Å². The van der Waals surface area contributed by atoms with Crippen molar-refractivity contribution in [3.05, 3.63) is 23.2 Å². The van der Waals surface area contributed by atoms with Gasteiger partial charge in [0.05, 0.1) is 23.0 Å². The van der Waals surface area contributed by atoms with Gasteiger partial charge in [0.25, 0.3) is 6.02 Å². The number of thiocarbonyl (C=S) groups is 1. The molecular weight excluding hydrogens is 386 g/mol. The molecule has 3 rings (SSSR count). The Bertz CT molecular complexity index is 702. The third kappa shape index (κ3) is 4.12. The molecule has 0 radical (unpaired) electrons. The summed E-state index contributed by atoms with van der Waals surface area (Å²) in [5, 5.41) is 0.676. The van der Waals surface area contributed by atoms with E-state index in [1.807, 2.05) is 43.5 Å². The number of nitrogens with zero attached hydrogens (tertiary/aromatic N) is 3. The summed E-state index contributed by atoms with van der Waals surface area (Å²) < 4.78 is 7.01. The van der Waals surface area contributed by atoms with E-state index in [1.165, 1.54) is 32.1 Å². The normalized spacial score (nSPS) is 20.9. The van der Waals surface area contributed by atoms with Crippen LogP contribution in [-0.2, 0) is 4.74 Å². The molecular formula is C19H26ClN3OS2. The van der Waals surface area contributed by atoms with Crippen molar-refractivity contribution >= 4 is 57.3 Å². The Morgan fingerprint density at radius 3 is 2.69 bits per heavy atom. The Hall–Kier alpha value is -0.980. The SMILES string of the molecule is CSC(=S)N1CC2(CCCCC2)COC1=Nc1cccc(Cl)c1N(C)C. The Balaban J connectivity index is 1.95. The van der Waals surface area contributed by atoms with Crippen molar-refractivity contribution in [3.63, 3.8) is 0 Å². The van der Waals surface area contributed by atoms with Crippen LogP contribution < -0.4 is 4.90 Å². The van der Waals surface area contributed by atoms with Crippen LogP contribution in [0.5, 0.6) is 0 Å². The molecule has 26 heavy (non-hydrogen) atoms. The first-order chi connectivity index (χ1) is 12.5. The predicted molar refractivity (Wildman–Crippen MR) is 117 cm³/mol. The highest BCUT2D eigenvalue weighted by molar-refractivity contribution is 8.22. The molecule has 1 aliphatic carbocycles. The van der Waals surface area contributed by atoms with Crippen LogP contribution in [0.4, 0.5) is 11.4 Å². The lowest BCUT2D eigenvalue weighted by Gasteiger charge is -2.45. The van der Waals surface area contributed by atoms with Crippen LogP contribution in [-0.4, -0.2) is 48.7 Å². The number of aliphatic imine (C=N–C) groups is 1. The summed E-state index contributed by atoms with van der Waals surface area (Å²) in [6.45, 7) is 1.61. The number of hydrogen-bond donors (Lipinski definition) is 0. The predicted octanol–water partition coefficient (Wildman–Crippen LogP) is 5.32. The lowest BCUT2D eigenvalue weighted by Crippen LogP contribution is -2.52. The maximum absolute atomic E-state index is 6.39. The third-order valence-electron chi connectivity index (χ3n) is 5.17. The first-order valence-corrected chi connectivity index (χ1v) is 11.0. The molecule has 1 aliphatic heterocycles. The van der Waals surface area contributed by atoms with Crippen molar-refractivity contribution in [2.45, 2.75) is 32.1 Å². The topological polar surface area (TPSA) is 28.1 Å². The molecule has 1 aromatic rings. The molecule has 1 saturated heterocycles. The van der Waals surface area contributed by atoms with Crippen LogP contribution in [0.25, 0.3) is 0 Å². The maximum atomic E-state index is 6.39. The molecule has 1 spiro atoms. The quantitative estimate of drug-likeness (QED) is 0.613. The molecule has 0 unspecified atom stereocenters. The van der Waals surface area contributed by atoms with E-state index in [4.69, 9.17) is 33.5 Å². The van der Waals surface area contributed by atoms with Crippen LogP contribution in [0, 0.1) is 5.41 Å². The Labute approximate surface area is 170 Å². The fourth-order valence-corrected chi connectivity index (χ4v) is 4.68. The van der Waals surface area contributed by atoms with Gasteiger partial charge in [0, 0.05) is 26.1 Å². The number of halogens is 1. The Morgan fingerprint density at radius 1 is 1.31 bits per heavy atom. The third-order valence-corrected chi connectivity index (χ3v) is 6.76. The van der Waals surface area contributed by atoms with E-state index in [0.29, 0.717) is 11.0 Å². The summed E-state index contributed by atoms with van der Waals surface area (Å²) >= 11 is 13.6. The number of amidine groups is 1. The Morgan fingerprint density at radius 2 is 2.04 bits per heavy atom. The minimum Gasteiger partial charge on any atom is -0.464 e. The van der Waals surface area contributed by atoms with Crippen molar-refractivity contribution in [1.82, 2.24) is 4.90 Å². The van der Waals surface area contributed by atoms with Gasteiger partial charge in [-0.1, -0.05) is 60.9 Å². The lowest BCUT2D eigenvalue weighted by molar-refractivity contribution is 0.0347. The standard InChI is InChI=1S/C19H26ClN3OS2/c1-22(2)16-14(20)8-7-9-15(16)21-17-23(18(25)26-3)12-19(13-24-17)10-5-4-6-11-19/h7-9H,4-6,10-13H2,1-3H3. The largest absolute Gasteiger partial charge is 0.464 e. The van der Waals surface area contributed by atoms with Crippen LogP contribution in [0.2, 0.25) is 5.02 Å². The van der Waals surface area contributed by atoms with Crippen LogP contribution in [0.3, 0.4) is 0 Å². The van der Waals surface area contributed by atoms with Gasteiger partial charge in [-0.05, 0) is 31.2 Å². The number of rotatable bonds is 2. The van der Waals surface area contributed by atoms with Gasteiger partial charge in [0.2, 0.25) is 0 Å². The molecule has 0 atom stereocenters. The molecule has 2 aliphatic rings. The van der Waals surface area contributed by atoms with Crippen molar-refractivity contribution < 1.29 is 4.74 Å². The fraction of sp³-hybridized carbons (Fsp3) is 0.579. The highest BCUT2D eigenvalue weighted by Crippen LogP contribution is 2.41. The summed E-state index contributed by atoms with van der Waals surface area (Å²) in [5.41, 5.74) is 1.89. The molecule has 0 aromatic heterocycles. The molecule has 1 heterocycles. The maximum Gasteiger partial charge on any atom is 0.298 e. The number of anilines is 1. The second kappa shape index (κ2) is 8.36. The van der Waals surface area contributed by atoms with Crippen molar-refractivity contribution in [2.24, 2.45) is 10.4 Å². The van der Waals surface area contributed by atoms with Gasteiger partial charge >= 0.3 is 0 Å². The summed E-state index contributed by atoms with van der Waals surface area (Å²) in [7, 11) is 3.93. The van der Waals surface area contributed by atoms with Crippen molar-refractivity contribution in [1.29, 1.82) is 0 Å². The second-order valence-corrected chi connectivity index (χ2v) is 9.15. The van der Waals surface area contributed by atoms with Gasteiger partial charge in [0.15, 0.2) is 0 Å². The molecule has 0 N–H and O–H groups in total. The molecule has 0 bridgehead atoms. The zero-order chi connectivity index (χ0) is 18.7. The monoisotopic (exact) mass is 411 g/mol. The zero-order valence-corrected chi connectivity index (χ0v) is 18.0. The number of thioether (sulfide) groups is 1. The number of ether oxygens (including phenoxy) is 1. The van der Waals surface area contributed by atoms with Gasteiger partial charge in [-0.2, -0.15) is 4.99 Å². The molecule has 1 saturated carbocycles. The number of benzene rings is 1. The first kappa shape index (κ1) is 19.8. The van der Waals surface area contributed by atoms with Crippen LogP contribution in [0.15, 0.2) is 23.2 Å². The summed E-state index contributed by atoms with van der Waals surface area (Å²) in [6, 6.07) is 6.34. The van der Waals surface area contributed by atoms with E-state index in [1.54, 1.807) is 11.8 Å². The van der Waals surface area contributed by atoms with Crippen molar-refractivity contribution in [3.8, 4) is 0 Å². The molecule has 7 heteroatoms. The van der Waals surface area contributed by atoms with E-state index >= 15 is 0 Å². The van der Waals surface area contributed by atoms with Gasteiger partial charge < -0.3 is 9.64 Å². The molecule has 2 fully saturated rings. The second-order valence-electron chi connectivity index (χ2n) is 7.30. The van der Waals surface area contributed by atoms with E-state index < -0.39 is 0 Å². The van der Waals surface area contributed by atoms with Gasteiger partial charge in [-0.15, -0.1) is 0 Å². The highest BCUT2D eigenvalue weighted by atomic mass is 35.5. The van der Waals surface area contributed by atoms with Gasteiger partial charge in [-0.3, -0.25) is 4.90 Å². The van der Waals surface area contributed by atoms with Gasteiger partial charge in [0.1, 0.15) is 4.32 Å². The summed E-state index contributed by atoms with van der Waals surface area (Å²) in [5.74, 6) is 0. The minimum atomic E-state index is 0.204. The van der Waals surface area contributed by atoms with E-state index in [-0.39, 0.29) is 5.41 Å². The van der Waals surface area contributed by atoms with Crippen LogP contribution in [0.1, 0.15) is 32.1 Å². The Kier molecular flexibility index (Phi) is 6.36. The number of hydrogen-bond acceptors (Lipinski definition) is 5. The van der Waals surface area contributed by atoms with E-state index in [9.17, 15) is 0 Å². The van der Waals surface area contributed by atoms with Gasteiger partial charge in [-0.25, -0.2) is 0 Å². The minimum absolute atomic E-state index is 0.204.